The molecule has 1 saturated carbocycles. The normalized spacial score (nSPS) is 17.9. The summed E-state index contributed by atoms with van der Waals surface area (Å²) in [6.07, 6.45) is 5.48. The van der Waals surface area contributed by atoms with E-state index in [1.54, 1.807) is 37.3 Å². The van der Waals surface area contributed by atoms with Crippen LogP contribution in [0.5, 0.6) is 5.75 Å². The number of para-hydroxylation sites is 2. The third-order valence-corrected chi connectivity index (χ3v) is 8.14. The van der Waals surface area contributed by atoms with Crippen molar-refractivity contribution < 1.29 is 14.3 Å². The van der Waals surface area contributed by atoms with Crippen LogP contribution in [0.1, 0.15) is 50.5 Å². The van der Waals surface area contributed by atoms with E-state index in [9.17, 15) is 14.9 Å². The molecule has 2 aromatic carbocycles. The van der Waals surface area contributed by atoms with E-state index in [2.05, 4.69) is 22.0 Å². The van der Waals surface area contributed by atoms with Gasteiger partial charge in [-0.2, -0.15) is 5.26 Å². The topological polar surface area (TPSA) is 103 Å². The average Bonchev–Trinajstić information content (AvgIpc) is 2.92. The first-order chi connectivity index (χ1) is 18.4. The van der Waals surface area contributed by atoms with Gasteiger partial charge in [0.25, 0.3) is 5.91 Å². The minimum atomic E-state index is -0.714. The van der Waals surface area contributed by atoms with Crippen molar-refractivity contribution in [2.75, 3.05) is 18.2 Å². The largest absolute Gasteiger partial charge is 0.495 e. The second kappa shape index (κ2) is 12.9. The molecule has 7 nitrogen and oxygen atoms in total. The Labute approximate surface area is 232 Å². The van der Waals surface area contributed by atoms with Crippen molar-refractivity contribution in [1.82, 2.24) is 10.6 Å². The third-order valence-electron chi connectivity index (χ3n) is 6.78. The highest BCUT2D eigenvalue weighted by Gasteiger charge is 2.36. The molecular weight excluding hydrogens is 520 g/mol. The third kappa shape index (κ3) is 6.35. The van der Waals surface area contributed by atoms with Gasteiger partial charge in [0.2, 0.25) is 5.91 Å². The summed E-state index contributed by atoms with van der Waals surface area (Å²) in [4.78, 5) is 26.4. The van der Waals surface area contributed by atoms with Crippen LogP contribution in [-0.4, -0.2) is 30.7 Å². The van der Waals surface area contributed by atoms with Crippen molar-refractivity contribution in [2.24, 2.45) is 0 Å². The summed E-state index contributed by atoms with van der Waals surface area (Å²) in [5.41, 5.74) is 2.44. The number of benzene rings is 2. The van der Waals surface area contributed by atoms with E-state index >= 15 is 0 Å². The average molecular weight is 551 g/mol. The summed E-state index contributed by atoms with van der Waals surface area (Å²) in [5.74, 6) is -0.475. The van der Waals surface area contributed by atoms with Gasteiger partial charge < -0.3 is 20.7 Å². The molecule has 1 unspecified atom stereocenters. The second-order valence-corrected chi connectivity index (χ2v) is 10.7. The molecule has 1 heterocycles. The van der Waals surface area contributed by atoms with E-state index in [-0.39, 0.29) is 23.6 Å². The number of rotatable bonds is 8. The van der Waals surface area contributed by atoms with Crippen molar-refractivity contribution in [3.05, 3.63) is 81.0 Å². The molecule has 4 rings (SSSR count). The maximum atomic E-state index is 13.7. The number of methoxy groups -OCH3 is 1. The van der Waals surface area contributed by atoms with Crippen LogP contribution in [0.3, 0.4) is 0 Å². The van der Waals surface area contributed by atoms with Crippen LogP contribution in [0.4, 0.5) is 5.69 Å². The molecule has 2 amide bonds. The maximum absolute atomic E-state index is 13.7. The second-order valence-electron chi connectivity index (χ2n) is 9.32. The summed E-state index contributed by atoms with van der Waals surface area (Å²) in [5, 5.41) is 20.6. The number of halogens is 1. The molecule has 1 aliphatic heterocycles. The molecule has 3 N–H and O–H groups in total. The highest BCUT2D eigenvalue weighted by Crippen LogP contribution is 2.43. The molecule has 2 aromatic rings. The van der Waals surface area contributed by atoms with Crippen molar-refractivity contribution >= 4 is 40.9 Å². The number of nitrogens with zero attached hydrogens (tertiary/aromatic N) is 1. The van der Waals surface area contributed by atoms with Crippen LogP contribution in [0.15, 0.2) is 70.4 Å². The molecule has 0 bridgehead atoms. The molecule has 2 aliphatic rings. The summed E-state index contributed by atoms with van der Waals surface area (Å²) in [7, 11) is 1.54. The Morgan fingerprint density at radius 2 is 1.84 bits per heavy atom. The van der Waals surface area contributed by atoms with Crippen LogP contribution in [0.2, 0.25) is 5.02 Å². The summed E-state index contributed by atoms with van der Waals surface area (Å²) < 4.78 is 5.39. The van der Waals surface area contributed by atoms with Crippen molar-refractivity contribution in [3.8, 4) is 11.8 Å². The molecule has 1 atom stereocenters. The van der Waals surface area contributed by atoms with E-state index in [0.717, 1.165) is 25.7 Å². The van der Waals surface area contributed by atoms with Gasteiger partial charge in [-0.3, -0.25) is 9.59 Å². The van der Waals surface area contributed by atoms with E-state index in [4.69, 9.17) is 16.3 Å². The summed E-state index contributed by atoms with van der Waals surface area (Å²) in [6, 6.07) is 16.8. The monoisotopic (exact) mass is 550 g/mol. The molecule has 1 aliphatic carbocycles. The number of carbonyl (C=O) groups excluding carboxylic acids is 2. The number of allylic oxidation sites excluding steroid dienone is 2. The fraction of sp³-hybridized carbons (Fsp3) is 0.345. The molecule has 0 radical (unpaired) electrons. The number of hydrogen-bond donors (Lipinski definition) is 3. The van der Waals surface area contributed by atoms with Gasteiger partial charge in [0.15, 0.2) is 0 Å². The Morgan fingerprint density at radius 1 is 1.13 bits per heavy atom. The molecule has 9 heteroatoms. The molecular formula is C29H31ClN4O3S. The smallest absolute Gasteiger partial charge is 0.254 e. The predicted molar refractivity (Wildman–Crippen MR) is 152 cm³/mol. The van der Waals surface area contributed by atoms with Crippen LogP contribution >= 0.6 is 23.4 Å². The highest BCUT2D eigenvalue weighted by molar-refractivity contribution is 8.03. The van der Waals surface area contributed by atoms with Crippen LogP contribution in [-0.2, 0) is 9.59 Å². The fourth-order valence-corrected chi connectivity index (χ4v) is 6.09. The van der Waals surface area contributed by atoms with Gasteiger partial charge in [-0.25, -0.2) is 0 Å². The van der Waals surface area contributed by atoms with Gasteiger partial charge in [-0.15, -0.1) is 0 Å². The standard InChI is InChI=1S/C29H31ClN4O3S/c1-18-26(28(36)34-23-14-8-9-15-24(23)37-2)27(20-12-6-7-13-22(20)30)21(16-31)29(32-18)38-17-25(35)33-19-10-4-3-5-11-19/h6-9,12-15,19,27,32H,3-5,10-11,17H2,1-2H3,(H,33,35)(H,34,36). The zero-order valence-corrected chi connectivity index (χ0v) is 23.0. The number of ether oxygens (including phenoxy) is 1. The number of nitrogens with one attached hydrogen (secondary N) is 3. The Kier molecular flexibility index (Phi) is 9.38. The van der Waals surface area contributed by atoms with E-state index in [1.165, 1.54) is 25.3 Å². The van der Waals surface area contributed by atoms with E-state index in [1.807, 2.05) is 18.2 Å². The number of amides is 2. The van der Waals surface area contributed by atoms with Gasteiger partial charge in [0.05, 0.1) is 41.1 Å². The minimum Gasteiger partial charge on any atom is -0.495 e. The van der Waals surface area contributed by atoms with Crippen LogP contribution in [0, 0.1) is 11.3 Å². The SMILES string of the molecule is COc1ccccc1NC(=O)C1=C(C)NC(SCC(=O)NC2CCCCC2)=C(C#N)C1c1ccccc1Cl. The summed E-state index contributed by atoms with van der Waals surface area (Å²) in [6.45, 7) is 1.79. The zero-order valence-electron chi connectivity index (χ0n) is 21.5. The zero-order chi connectivity index (χ0) is 27.1. The molecule has 38 heavy (non-hydrogen) atoms. The summed E-state index contributed by atoms with van der Waals surface area (Å²) >= 11 is 7.86. The lowest BCUT2D eigenvalue weighted by Gasteiger charge is -2.30. The lowest BCUT2D eigenvalue weighted by atomic mass is 9.82. The first kappa shape index (κ1) is 27.6. The van der Waals surface area contributed by atoms with Crippen molar-refractivity contribution in [3.63, 3.8) is 0 Å². The van der Waals surface area contributed by atoms with Crippen LogP contribution in [0.25, 0.3) is 0 Å². The number of dihydropyridines is 1. The molecule has 1 fully saturated rings. The number of carbonyl (C=O) groups is 2. The van der Waals surface area contributed by atoms with Gasteiger partial charge in [0, 0.05) is 22.3 Å². The van der Waals surface area contributed by atoms with Gasteiger partial charge >= 0.3 is 0 Å². The number of hydrogen-bond acceptors (Lipinski definition) is 6. The van der Waals surface area contributed by atoms with Crippen molar-refractivity contribution in [2.45, 2.75) is 51.0 Å². The maximum Gasteiger partial charge on any atom is 0.254 e. The first-order valence-electron chi connectivity index (χ1n) is 12.7. The lowest BCUT2D eigenvalue weighted by molar-refractivity contribution is -0.119. The Balaban J connectivity index is 1.63. The number of nitriles is 1. The molecule has 0 spiro atoms. The molecule has 198 valence electrons. The lowest BCUT2D eigenvalue weighted by Crippen LogP contribution is -2.37. The van der Waals surface area contributed by atoms with E-state index in [0.29, 0.717) is 43.9 Å². The molecule has 0 aromatic heterocycles. The van der Waals surface area contributed by atoms with E-state index < -0.39 is 5.92 Å². The Morgan fingerprint density at radius 3 is 2.55 bits per heavy atom. The fourth-order valence-electron chi connectivity index (χ4n) is 4.94. The minimum absolute atomic E-state index is 0.0656. The predicted octanol–water partition coefficient (Wildman–Crippen LogP) is 5.87. The molecule has 0 saturated heterocycles. The number of anilines is 1. The van der Waals surface area contributed by atoms with Crippen molar-refractivity contribution in [1.29, 1.82) is 5.26 Å². The first-order valence-corrected chi connectivity index (χ1v) is 14.0. The Bertz CT molecular complexity index is 1310. The van der Waals surface area contributed by atoms with Gasteiger partial charge in [-0.05, 0) is 43.5 Å². The Hall–Kier alpha value is -3.41. The highest BCUT2D eigenvalue weighted by atomic mass is 35.5. The van der Waals surface area contributed by atoms with Crippen LogP contribution < -0.4 is 20.7 Å². The quantitative estimate of drug-likeness (QED) is 0.380. The number of thioether (sulfide) groups is 1. The van der Waals surface area contributed by atoms with Gasteiger partial charge in [0.1, 0.15) is 5.75 Å². The van der Waals surface area contributed by atoms with Gasteiger partial charge in [-0.1, -0.05) is 73.0 Å².